The molecule has 1 saturated heterocycles. The monoisotopic (exact) mass is 413 g/mol. The van der Waals surface area contributed by atoms with Gasteiger partial charge in [-0.05, 0) is 59.7 Å². The van der Waals surface area contributed by atoms with E-state index in [2.05, 4.69) is 32.8 Å². The summed E-state index contributed by atoms with van der Waals surface area (Å²) in [7, 11) is 0. The molecule has 118 valence electrons. The van der Waals surface area contributed by atoms with Crippen LogP contribution in [0.25, 0.3) is 0 Å². The molecule has 22 heavy (non-hydrogen) atoms. The van der Waals surface area contributed by atoms with Gasteiger partial charge in [0.1, 0.15) is 0 Å². The van der Waals surface area contributed by atoms with Crippen molar-refractivity contribution in [2.24, 2.45) is 0 Å². The summed E-state index contributed by atoms with van der Waals surface area (Å²) in [6, 6.07) is 8.06. The maximum absolute atomic E-state index is 12.4. The predicted molar refractivity (Wildman–Crippen MR) is 92.7 cm³/mol. The zero-order valence-electron chi connectivity index (χ0n) is 12.4. The van der Waals surface area contributed by atoms with E-state index in [0.717, 1.165) is 35.1 Å². The van der Waals surface area contributed by atoms with Gasteiger partial charge in [0.15, 0.2) is 0 Å². The van der Waals surface area contributed by atoms with Gasteiger partial charge in [-0.1, -0.05) is 0 Å². The van der Waals surface area contributed by atoms with Crippen LogP contribution < -0.4 is 5.32 Å². The first-order chi connectivity index (χ1) is 10.6. The minimum atomic E-state index is 0.0819. The number of amides is 2. The van der Waals surface area contributed by atoms with Gasteiger partial charge in [0.2, 0.25) is 5.91 Å². The van der Waals surface area contributed by atoms with Crippen molar-refractivity contribution in [1.29, 1.82) is 0 Å². The van der Waals surface area contributed by atoms with Gasteiger partial charge in [-0.15, -0.1) is 0 Å². The lowest BCUT2D eigenvalue weighted by Gasteiger charge is -2.34. The Morgan fingerprint density at radius 1 is 1.09 bits per heavy atom. The third-order valence-corrected chi connectivity index (χ3v) is 4.78. The van der Waals surface area contributed by atoms with Gasteiger partial charge in [-0.2, -0.15) is 0 Å². The Labute approximate surface area is 144 Å². The highest BCUT2D eigenvalue weighted by Crippen LogP contribution is 2.18. The summed E-state index contributed by atoms with van der Waals surface area (Å²) in [6.07, 6.45) is 2.23. The number of hydrogen-bond donors (Lipinski definition) is 1. The molecule has 1 aliphatic heterocycles. The highest BCUT2D eigenvalue weighted by Gasteiger charge is 2.26. The average Bonchev–Trinajstić information content (AvgIpc) is 3.32. The molecule has 1 heterocycles. The molecule has 1 aliphatic carbocycles. The quantitative estimate of drug-likeness (QED) is 0.758. The zero-order valence-corrected chi connectivity index (χ0v) is 14.6. The molecule has 2 aliphatic rings. The number of carbonyl (C=O) groups excluding carboxylic acids is 2. The molecule has 6 heteroatoms. The second kappa shape index (κ2) is 6.95. The third kappa shape index (κ3) is 4.19. The second-order valence-corrected chi connectivity index (χ2v) is 7.16. The Balaban J connectivity index is 1.47. The Kier molecular flexibility index (Phi) is 4.97. The van der Waals surface area contributed by atoms with Crippen LogP contribution in [0, 0.1) is 3.57 Å². The normalized spacial score (nSPS) is 19.0. The van der Waals surface area contributed by atoms with Gasteiger partial charge in [0, 0.05) is 41.4 Å². The van der Waals surface area contributed by atoms with Crippen LogP contribution in [0.3, 0.4) is 0 Å². The summed E-state index contributed by atoms with van der Waals surface area (Å²) >= 11 is 2.23. The van der Waals surface area contributed by atoms with Crippen LogP contribution in [0.2, 0.25) is 0 Å². The van der Waals surface area contributed by atoms with Crippen molar-refractivity contribution in [1.82, 2.24) is 15.1 Å². The molecule has 2 amide bonds. The lowest BCUT2D eigenvalue weighted by atomic mass is 10.2. The van der Waals surface area contributed by atoms with E-state index in [0.29, 0.717) is 25.7 Å². The van der Waals surface area contributed by atoms with E-state index >= 15 is 0 Å². The summed E-state index contributed by atoms with van der Waals surface area (Å²) in [4.78, 5) is 28.2. The number of benzene rings is 1. The Bertz CT molecular complexity index is 549. The first-order valence-electron chi connectivity index (χ1n) is 7.68. The van der Waals surface area contributed by atoms with Crippen molar-refractivity contribution < 1.29 is 9.59 Å². The van der Waals surface area contributed by atoms with Gasteiger partial charge >= 0.3 is 0 Å². The molecule has 0 bridgehead atoms. The molecule has 1 aromatic carbocycles. The van der Waals surface area contributed by atoms with E-state index < -0.39 is 0 Å². The van der Waals surface area contributed by atoms with E-state index in [1.807, 2.05) is 29.2 Å². The van der Waals surface area contributed by atoms with Gasteiger partial charge in [0.05, 0.1) is 6.54 Å². The summed E-state index contributed by atoms with van der Waals surface area (Å²) in [6.45, 7) is 3.33. The molecule has 0 spiro atoms. The zero-order chi connectivity index (χ0) is 15.5. The standard InChI is InChI=1S/C16H20IN3O2/c17-13-3-1-12(2-4-13)16(22)20-9-7-19(8-10-20)11-15(21)18-14-5-6-14/h1-4,14H,5-11H2,(H,18,21). The number of rotatable bonds is 4. The van der Waals surface area contributed by atoms with Crippen molar-refractivity contribution in [3.63, 3.8) is 0 Å². The molecule has 1 saturated carbocycles. The SMILES string of the molecule is O=C(CN1CCN(C(=O)c2ccc(I)cc2)CC1)NC1CC1. The molecular formula is C16H20IN3O2. The fraction of sp³-hybridized carbons (Fsp3) is 0.500. The van der Waals surface area contributed by atoms with Crippen molar-refractivity contribution in [3.8, 4) is 0 Å². The first-order valence-corrected chi connectivity index (χ1v) is 8.76. The Morgan fingerprint density at radius 3 is 2.32 bits per heavy atom. The highest BCUT2D eigenvalue weighted by molar-refractivity contribution is 14.1. The number of piperazine rings is 1. The molecule has 0 unspecified atom stereocenters. The molecule has 0 radical (unpaired) electrons. The van der Waals surface area contributed by atoms with Crippen molar-refractivity contribution in [2.75, 3.05) is 32.7 Å². The fourth-order valence-corrected chi connectivity index (χ4v) is 2.95. The Morgan fingerprint density at radius 2 is 1.73 bits per heavy atom. The summed E-state index contributed by atoms with van der Waals surface area (Å²) in [5, 5.41) is 3.00. The molecule has 2 fully saturated rings. The smallest absolute Gasteiger partial charge is 0.253 e. The van der Waals surface area contributed by atoms with Crippen LogP contribution >= 0.6 is 22.6 Å². The van der Waals surface area contributed by atoms with Crippen molar-refractivity contribution in [3.05, 3.63) is 33.4 Å². The van der Waals surface area contributed by atoms with Gasteiger partial charge < -0.3 is 10.2 Å². The van der Waals surface area contributed by atoms with Gasteiger partial charge in [-0.25, -0.2) is 0 Å². The minimum absolute atomic E-state index is 0.0819. The molecule has 3 rings (SSSR count). The van der Waals surface area contributed by atoms with Crippen LogP contribution in [-0.4, -0.2) is 60.4 Å². The summed E-state index contributed by atoms with van der Waals surface area (Å²) < 4.78 is 1.13. The van der Waals surface area contributed by atoms with Crippen molar-refractivity contribution in [2.45, 2.75) is 18.9 Å². The number of halogens is 1. The largest absolute Gasteiger partial charge is 0.352 e. The lowest BCUT2D eigenvalue weighted by Crippen LogP contribution is -2.51. The number of nitrogens with zero attached hydrogens (tertiary/aromatic N) is 2. The van der Waals surface area contributed by atoms with E-state index in [1.54, 1.807) is 0 Å². The topological polar surface area (TPSA) is 52.7 Å². The highest BCUT2D eigenvalue weighted by atomic mass is 127. The summed E-state index contributed by atoms with van der Waals surface area (Å²) in [5.41, 5.74) is 0.736. The number of hydrogen-bond acceptors (Lipinski definition) is 3. The van der Waals surface area contributed by atoms with Crippen LogP contribution in [0.1, 0.15) is 23.2 Å². The molecule has 5 nitrogen and oxygen atoms in total. The molecular weight excluding hydrogens is 393 g/mol. The fourth-order valence-electron chi connectivity index (χ4n) is 2.59. The van der Waals surface area contributed by atoms with Crippen LogP contribution in [0.5, 0.6) is 0 Å². The Hall–Kier alpha value is -1.15. The minimum Gasteiger partial charge on any atom is -0.352 e. The maximum atomic E-state index is 12.4. The van der Waals surface area contributed by atoms with E-state index in [-0.39, 0.29) is 11.8 Å². The van der Waals surface area contributed by atoms with Gasteiger partial charge in [0.25, 0.3) is 5.91 Å². The average molecular weight is 413 g/mol. The molecule has 1 aromatic rings. The van der Waals surface area contributed by atoms with Crippen molar-refractivity contribution >= 4 is 34.4 Å². The van der Waals surface area contributed by atoms with Crippen LogP contribution in [0.15, 0.2) is 24.3 Å². The second-order valence-electron chi connectivity index (χ2n) is 5.92. The maximum Gasteiger partial charge on any atom is 0.253 e. The van der Waals surface area contributed by atoms with Crippen LogP contribution in [-0.2, 0) is 4.79 Å². The molecule has 0 atom stereocenters. The van der Waals surface area contributed by atoms with Crippen LogP contribution in [0.4, 0.5) is 0 Å². The molecule has 1 N–H and O–H groups in total. The first kappa shape index (κ1) is 15.7. The predicted octanol–water partition coefficient (Wildman–Crippen LogP) is 1.33. The lowest BCUT2D eigenvalue weighted by molar-refractivity contribution is -0.122. The van der Waals surface area contributed by atoms with E-state index in [9.17, 15) is 9.59 Å². The number of nitrogens with one attached hydrogen (secondary N) is 1. The van der Waals surface area contributed by atoms with Gasteiger partial charge in [-0.3, -0.25) is 14.5 Å². The van der Waals surface area contributed by atoms with E-state index in [4.69, 9.17) is 0 Å². The summed E-state index contributed by atoms with van der Waals surface area (Å²) in [5.74, 6) is 0.193. The third-order valence-electron chi connectivity index (χ3n) is 4.06. The van der Waals surface area contributed by atoms with E-state index in [1.165, 1.54) is 0 Å². The number of carbonyl (C=O) groups is 2. The molecule has 0 aromatic heterocycles.